The Hall–Kier alpha value is -1.55. The Balaban J connectivity index is 1.80. The van der Waals surface area contributed by atoms with E-state index in [0.29, 0.717) is 6.04 Å². The molecule has 0 aliphatic rings. The molecular formula is C12H17N3O. The summed E-state index contributed by atoms with van der Waals surface area (Å²) in [5.41, 5.74) is 0. The first-order valence-electron chi connectivity index (χ1n) is 5.65. The van der Waals surface area contributed by atoms with E-state index < -0.39 is 0 Å². The molecule has 0 aliphatic carbocycles. The van der Waals surface area contributed by atoms with Crippen molar-refractivity contribution in [3.05, 3.63) is 42.4 Å². The quantitative estimate of drug-likeness (QED) is 0.783. The van der Waals surface area contributed by atoms with Gasteiger partial charge in [-0.05, 0) is 18.6 Å². The second-order valence-corrected chi connectivity index (χ2v) is 3.72. The van der Waals surface area contributed by atoms with Gasteiger partial charge in [-0.25, -0.2) is 4.98 Å². The highest BCUT2D eigenvalue weighted by atomic mass is 16.3. The molecule has 2 heterocycles. The molecule has 0 bridgehead atoms. The number of nitrogens with zero attached hydrogens (tertiary/aromatic N) is 1. The third kappa shape index (κ3) is 2.73. The Morgan fingerprint density at radius 2 is 2.50 bits per heavy atom. The second kappa shape index (κ2) is 5.51. The Morgan fingerprint density at radius 3 is 3.12 bits per heavy atom. The van der Waals surface area contributed by atoms with Crippen molar-refractivity contribution in [1.29, 1.82) is 0 Å². The number of nitrogens with one attached hydrogen (secondary N) is 2. The number of H-pyrrole nitrogens is 1. The maximum absolute atomic E-state index is 5.39. The van der Waals surface area contributed by atoms with Gasteiger partial charge in [0.15, 0.2) is 0 Å². The fraction of sp³-hybridized carbons (Fsp3) is 0.417. The summed E-state index contributed by atoms with van der Waals surface area (Å²) < 4.78 is 5.39. The van der Waals surface area contributed by atoms with E-state index >= 15 is 0 Å². The normalized spacial score (nSPS) is 12.8. The van der Waals surface area contributed by atoms with Crippen LogP contribution in [0.15, 0.2) is 35.2 Å². The molecule has 4 heteroatoms. The van der Waals surface area contributed by atoms with Gasteiger partial charge in [-0.1, -0.05) is 6.92 Å². The van der Waals surface area contributed by atoms with Gasteiger partial charge in [0, 0.05) is 25.4 Å². The fourth-order valence-corrected chi connectivity index (χ4v) is 1.74. The average Bonchev–Trinajstić information content (AvgIpc) is 2.96. The third-order valence-electron chi connectivity index (χ3n) is 2.60. The lowest BCUT2D eigenvalue weighted by molar-refractivity contribution is 0.405. The maximum Gasteiger partial charge on any atom is 0.120 e. The van der Waals surface area contributed by atoms with Gasteiger partial charge in [-0.2, -0.15) is 0 Å². The van der Waals surface area contributed by atoms with E-state index in [9.17, 15) is 0 Å². The van der Waals surface area contributed by atoms with Crippen molar-refractivity contribution >= 4 is 0 Å². The molecule has 2 N–H and O–H groups in total. The largest absolute Gasteiger partial charge is 0.468 e. The molecule has 1 atom stereocenters. The molecule has 0 amide bonds. The first-order chi connectivity index (χ1) is 7.90. The van der Waals surface area contributed by atoms with Gasteiger partial charge >= 0.3 is 0 Å². The molecule has 0 fully saturated rings. The Morgan fingerprint density at radius 1 is 1.56 bits per heavy atom. The van der Waals surface area contributed by atoms with E-state index in [1.54, 1.807) is 12.5 Å². The summed E-state index contributed by atoms with van der Waals surface area (Å²) in [6, 6.07) is 4.23. The number of imidazole rings is 1. The average molecular weight is 219 g/mol. The molecule has 86 valence electrons. The maximum atomic E-state index is 5.39. The molecule has 2 aromatic heterocycles. The zero-order valence-electron chi connectivity index (χ0n) is 9.44. The highest BCUT2D eigenvalue weighted by Crippen LogP contribution is 2.16. The molecule has 2 aromatic rings. The summed E-state index contributed by atoms with van der Waals surface area (Å²) in [5, 5.41) is 3.46. The molecular weight excluding hydrogens is 202 g/mol. The van der Waals surface area contributed by atoms with Gasteiger partial charge < -0.3 is 14.7 Å². The third-order valence-corrected chi connectivity index (χ3v) is 2.60. The van der Waals surface area contributed by atoms with Crippen LogP contribution in [0.4, 0.5) is 0 Å². The van der Waals surface area contributed by atoms with Gasteiger partial charge in [-0.3, -0.25) is 0 Å². The van der Waals surface area contributed by atoms with Crippen LogP contribution < -0.4 is 5.32 Å². The van der Waals surface area contributed by atoms with Crippen molar-refractivity contribution in [2.75, 3.05) is 6.54 Å². The lowest BCUT2D eigenvalue weighted by Crippen LogP contribution is -2.23. The van der Waals surface area contributed by atoms with Gasteiger partial charge in [-0.15, -0.1) is 0 Å². The van der Waals surface area contributed by atoms with Crippen molar-refractivity contribution < 1.29 is 4.42 Å². The van der Waals surface area contributed by atoms with Crippen LogP contribution in [0.1, 0.15) is 31.0 Å². The zero-order chi connectivity index (χ0) is 11.2. The monoisotopic (exact) mass is 219 g/mol. The Bertz CT molecular complexity index is 380. The SMILES string of the molecule is CCC(NCCc1ncc[nH]1)c1ccco1. The van der Waals surface area contributed by atoms with E-state index in [-0.39, 0.29) is 0 Å². The zero-order valence-corrected chi connectivity index (χ0v) is 9.44. The summed E-state index contributed by atoms with van der Waals surface area (Å²) in [6.07, 6.45) is 7.26. The van der Waals surface area contributed by atoms with E-state index in [2.05, 4.69) is 22.2 Å². The Labute approximate surface area is 95.1 Å². The molecule has 4 nitrogen and oxygen atoms in total. The van der Waals surface area contributed by atoms with E-state index in [0.717, 1.165) is 31.0 Å². The van der Waals surface area contributed by atoms with Crippen molar-refractivity contribution in [3.63, 3.8) is 0 Å². The molecule has 0 aliphatic heterocycles. The van der Waals surface area contributed by atoms with Crippen molar-refractivity contribution in [3.8, 4) is 0 Å². The minimum absolute atomic E-state index is 0.296. The lowest BCUT2D eigenvalue weighted by Gasteiger charge is -2.13. The van der Waals surface area contributed by atoms with E-state index in [1.807, 2.05) is 18.3 Å². The van der Waals surface area contributed by atoms with Crippen molar-refractivity contribution in [2.24, 2.45) is 0 Å². The molecule has 1 unspecified atom stereocenters. The van der Waals surface area contributed by atoms with E-state index in [4.69, 9.17) is 4.42 Å². The summed E-state index contributed by atoms with van der Waals surface area (Å²) in [4.78, 5) is 7.27. The van der Waals surface area contributed by atoms with Crippen LogP contribution in [0, 0.1) is 0 Å². The number of furan rings is 1. The van der Waals surface area contributed by atoms with Gasteiger partial charge in [0.2, 0.25) is 0 Å². The van der Waals surface area contributed by atoms with Crippen molar-refractivity contribution in [2.45, 2.75) is 25.8 Å². The van der Waals surface area contributed by atoms with Crippen LogP contribution in [0.25, 0.3) is 0 Å². The second-order valence-electron chi connectivity index (χ2n) is 3.72. The van der Waals surface area contributed by atoms with Gasteiger partial charge in [0.05, 0.1) is 12.3 Å². The lowest BCUT2D eigenvalue weighted by atomic mass is 10.1. The topological polar surface area (TPSA) is 53.9 Å². The molecule has 0 radical (unpaired) electrons. The number of aromatic nitrogens is 2. The minimum atomic E-state index is 0.296. The van der Waals surface area contributed by atoms with E-state index in [1.165, 1.54) is 0 Å². The summed E-state index contributed by atoms with van der Waals surface area (Å²) in [7, 11) is 0. The smallest absolute Gasteiger partial charge is 0.120 e. The predicted octanol–water partition coefficient (Wildman–Crippen LogP) is 2.29. The molecule has 0 spiro atoms. The number of rotatable bonds is 6. The molecule has 0 saturated heterocycles. The number of aromatic amines is 1. The first-order valence-corrected chi connectivity index (χ1v) is 5.65. The summed E-state index contributed by atoms with van der Waals surface area (Å²) in [6.45, 7) is 3.04. The minimum Gasteiger partial charge on any atom is -0.468 e. The van der Waals surface area contributed by atoms with Crippen LogP contribution in [0.3, 0.4) is 0 Å². The van der Waals surface area contributed by atoms with Crippen LogP contribution >= 0.6 is 0 Å². The first kappa shape index (κ1) is 11.0. The summed E-state index contributed by atoms with van der Waals surface area (Å²) >= 11 is 0. The molecule has 16 heavy (non-hydrogen) atoms. The summed E-state index contributed by atoms with van der Waals surface area (Å²) in [5.74, 6) is 2.02. The van der Waals surface area contributed by atoms with Crippen LogP contribution in [0.2, 0.25) is 0 Å². The van der Waals surface area contributed by atoms with Crippen LogP contribution in [-0.2, 0) is 6.42 Å². The standard InChI is InChI=1S/C12H17N3O/c1-2-10(11-4-3-9-16-11)13-6-5-12-14-7-8-15-12/h3-4,7-10,13H,2,5-6H2,1H3,(H,14,15). The molecule has 0 saturated carbocycles. The molecule has 2 rings (SSSR count). The van der Waals surface area contributed by atoms with Gasteiger partial charge in [0.1, 0.15) is 11.6 Å². The van der Waals surface area contributed by atoms with Gasteiger partial charge in [0.25, 0.3) is 0 Å². The molecule has 0 aromatic carbocycles. The highest BCUT2D eigenvalue weighted by molar-refractivity contribution is 5.04. The van der Waals surface area contributed by atoms with Crippen molar-refractivity contribution in [1.82, 2.24) is 15.3 Å². The number of hydrogen-bond acceptors (Lipinski definition) is 3. The Kier molecular flexibility index (Phi) is 3.77. The number of hydrogen-bond donors (Lipinski definition) is 2. The predicted molar refractivity (Wildman–Crippen MR) is 62.0 cm³/mol. The highest BCUT2D eigenvalue weighted by Gasteiger charge is 2.10. The van der Waals surface area contributed by atoms with Crippen LogP contribution in [-0.4, -0.2) is 16.5 Å². The fourth-order valence-electron chi connectivity index (χ4n) is 1.74. The van der Waals surface area contributed by atoms with Crippen LogP contribution in [0.5, 0.6) is 0 Å².